The van der Waals surface area contributed by atoms with Gasteiger partial charge in [0.1, 0.15) is 6.04 Å². The Morgan fingerprint density at radius 1 is 1.00 bits per heavy atom. The number of nitrogens with one attached hydrogen (secondary N) is 1. The molecule has 0 bridgehead atoms. The van der Waals surface area contributed by atoms with Crippen LogP contribution in [-0.4, -0.2) is 23.0 Å². The summed E-state index contributed by atoms with van der Waals surface area (Å²) < 4.78 is 38.4. The highest BCUT2D eigenvalue weighted by molar-refractivity contribution is 9.10. The van der Waals surface area contributed by atoms with Crippen molar-refractivity contribution < 1.29 is 27.9 Å². The van der Waals surface area contributed by atoms with Crippen molar-refractivity contribution in [2.45, 2.75) is 25.1 Å². The normalized spacial score (nSPS) is 12.5. The van der Waals surface area contributed by atoms with E-state index in [1.165, 1.54) is 12.1 Å². The van der Waals surface area contributed by atoms with E-state index in [0.717, 1.165) is 22.2 Å². The van der Waals surface area contributed by atoms with Gasteiger partial charge in [-0.2, -0.15) is 13.2 Å². The number of carbonyl (C=O) groups is 2. The Morgan fingerprint density at radius 2 is 1.54 bits per heavy atom. The van der Waals surface area contributed by atoms with Gasteiger partial charge < -0.3 is 10.4 Å². The minimum Gasteiger partial charge on any atom is -0.480 e. The summed E-state index contributed by atoms with van der Waals surface area (Å²) in [5.74, 6) is -1.76. The largest absolute Gasteiger partial charge is 0.480 e. The van der Waals surface area contributed by atoms with Crippen LogP contribution in [0.2, 0.25) is 0 Å². The average molecular weight is 430 g/mol. The second kappa shape index (κ2) is 8.35. The van der Waals surface area contributed by atoms with Crippen LogP contribution in [0, 0.1) is 0 Å². The number of carboxylic acids is 1. The molecular formula is C18H15BrF3NO3. The Balaban J connectivity index is 1.99. The smallest absolute Gasteiger partial charge is 0.416 e. The summed E-state index contributed by atoms with van der Waals surface area (Å²) in [5, 5.41) is 11.7. The quantitative estimate of drug-likeness (QED) is 0.733. The standard InChI is InChI=1S/C18H15BrF3NO3/c19-14-7-3-11(4-8-14)9-15(17(25)26)23-16(24)10-12-1-5-13(6-2-12)18(20,21)22/h1-8,15H,9-10H2,(H,23,24)(H,25,26)/t15-/m0/s1. The molecule has 0 spiro atoms. The fourth-order valence-electron chi connectivity index (χ4n) is 2.30. The Bertz CT molecular complexity index is 774. The number of carbonyl (C=O) groups excluding carboxylic acids is 1. The Hall–Kier alpha value is -2.35. The lowest BCUT2D eigenvalue weighted by atomic mass is 10.0. The molecule has 0 aromatic heterocycles. The molecule has 26 heavy (non-hydrogen) atoms. The SMILES string of the molecule is O=C(Cc1ccc(C(F)(F)F)cc1)N[C@@H](Cc1ccc(Br)cc1)C(=O)O. The third kappa shape index (κ3) is 5.87. The van der Waals surface area contributed by atoms with E-state index in [2.05, 4.69) is 21.2 Å². The monoisotopic (exact) mass is 429 g/mol. The molecule has 0 fully saturated rings. The van der Waals surface area contributed by atoms with Crippen molar-refractivity contribution >= 4 is 27.8 Å². The lowest BCUT2D eigenvalue weighted by molar-refractivity contribution is -0.141. The molecule has 8 heteroatoms. The zero-order valence-electron chi connectivity index (χ0n) is 13.4. The molecule has 0 saturated carbocycles. The minimum absolute atomic E-state index is 0.0986. The van der Waals surface area contributed by atoms with Gasteiger partial charge in [0.15, 0.2) is 0 Å². The Kier molecular flexibility index (Phi) is 6.42. The molecule has 4 nitrogen and oxygen atoms in total. The van der Waals surface area contributed by atoms with Crippen molar-refractivity contribution in [2.75, 3.05) is 0 Å². The maximum atomic E-state index is 12.5. The number of rotatable bonds is 6. The fourth-order valence-corrected chi connectivity index (χ4v) is 2.56. The summed E-state index contributed by atoms with van der Waals surface area (Å²) in [6, 6.07) is 10.1. The van der Waals surface area contributed by atoms with Gasteiger partial charge >= 0.3 is 12.1 Å². The number of alkyl halides is 3. The summed E-state index contributed by atoms with van der Waals surface area (Å²) in [5.41, 5.74) is 0.291. The molecule has 1 amide bonds. The zero-order valence-corrected chi connectivity index (χ0v) is 15.0. The van der Waals surface area contributed by atoms with E-state index >= 15 is 0 Å². The van der Waals surface area contributed by atoms with Crippen LogP contribution in [0.5, 0.6) is 0 Å². The number of amides is 1. The second-order valence-corrected chi connectivity index (χ2v) is 6.58. The highest BCUT2D eigenvalue weighted by atomic mass is 79.9. The lowest BCUT2D eigenvalue weighted by Crippen LogP contribution is -2.43. The van der Waals surface area contributed by atoms with Crippen molar-refractivity contribution in [3.63, 3.8) is 0 Å². The van der Waals surface area contributed by atoms with E-state index in [0.29, 0.717) is 5.56 Å². The summed E-state index contributed by atoms with van der Waals surface area (Å²) >= 11 is 3.28. The molecule has 138 valence electrons. The maximum Gasteiger partial charge on any atom is 0.416 e. The molecule has 2 aromatic rings. The van der Waals surface area contributed by atoms with Crippen LogP contribution in [0.25, 0.3) is 0 Å². The number of hydrogen-bond donors (Lipinski definition) is 2. The van der Waals surface area contributed by atoms with E-state index in [1.54, 1.807) is 24.3 Å². The van der Waals surface area contributed by atoms with E-state index in [1.807, 2.05) is 0 Å². The molecule has 2 N–H and O–H groups in total. The van der Waals surface area contributed by atoms with Crippen LogP contribution in [0.4, 0.5) is 13.2 Å². The predicted molar refractivity (Wildman–Crippen MR) is 92.6 cm³/mol. The highest BCUT2D eigenvalue weighted by Gasteiger charge is 2.30. The van der Waals surface area contributed by atoms with Gasteiger partial charge in [0.2, 0.25) is 5.91 Å². The summed E-state index contributed by atoms with van der Waals surface area (Å²) in [4.78, 5) is 23.4. The Morgan fingerprint density at radius 3 is 2.04 bits per heavy atom. The molecular weight excluding hydrogens is 415 g/mol. The first-order chi connectivity index (χ1) is 12.1. The number of benzene rings is 2. The molecule has 2 rings (SSSR count). The molecule has 2 aromatic carbocycles. The van der Waals surface area contributed by atoms with Crippen LogP contribution >= 0.6 is 15.9 Å². The summed E-state index contributed by atoms with van der Waals surface area (Å²) in [7, 11) is 0. The molecule has 0 unspecified atom stereocenters. The minimum atomic E-state index is -4.44. The van der Waals surface area contributed by atoms with Crippen molar-refractivity contribution in [3.8, 4) is 0 Å². The van der Waals surface area contributed by atoms with Crippen molar-refractivity contribution in [1.29, 1.82) is 0 Å². The number of carboxylic acid groups (broad SMARTS) is 1. The molecule has 0 aliphatic heterocycles. The van der Waals surface area contributed by atoms with Crippen LogP contribution in [0.1, 0.15) is 16.7 Å². The number of halogens is 4. The first-order valence-electron chi connectivity index (χ1n) is 7.58. The molecule has 0 aliphatic carbocycles. The van der Waals surface area contributed by atoms with Gasteiger partial charge in [0.25, 0.3) is 0 Å². The van der Waals surface area contributed by atoms with Gasteiger partial charge in [0, 0.05) is 10.9 Å². The van der Waals surface area contributed by atoms with Crippen molar-refractivity contribution in [2.24, 2.45) is 0 Å². The van der Waals surface area contributed by atoms with Crippen LogP contribution in [0.15, 0.2) is 53.0 Å². The number of aliphatic carboxylic acids is 1. The summed E-state index contributed by atoms with van der Waals surface area (Å²) in [6.07, 6.45) is -4.55. The van der Waals surface area contributed by atoms with Crippen LogP contribution in [-0.2, 0) is 28.6 Å². The van der Waals surface area contributed by atoms with Crippen LogP contribution in [0.3, 0.4) is 0 Å². The third-order valence-electron chi connectivity index (χ3n) is 3.63. The van der Waals surface area contributed by atoms with E-state index in [9.17, 15) is 27.9 Å². The Labute approximate surface area is 156 Å². The highest BCUT2D eigenvalue weighted by Crippen LogP contribution is 2.29. The molecule has 0 radical (unpaired) electrons. The van der Waals surface area contributed by atoms with Gasteiger partial charge in [-0.05, 0) is 35.4 Å². The van der Waals surface area contributed by atoms with Crippen molar-refractivity contribution in [1.82, 2.24) is 5.32 Å². The second-order valence-electron chi connectivity index (χ2n) is 5.66. The van der Waals surface area contributed by atoms with Gasteiger partial charge in [-0.3, -0.25) is 4.79 Å². The first kappa shape index (κ1) is 20.0. The van der Waals surface area contributed by atoms with Crippen molar-refractivity contribution in [3.05, 3.63) is 69.7 Å². The number of hydrogen-bond acceptors (Lipinski definition) is 2. The molecule has 0 saturated heterocycles. The molecule has 0 aliphatic rings. The summed E-state index contributed by atoms with van der Waals surface area (Å²) in [6.45, 7) is 0. The topological polar surface area (TPSA) is 66.4 Å². The van der Waals surface area contributed by atoms with Gasteiger partial charge in [-0.1, -0.05) is 40.2 Å². The van der Waals surface area contributed by atoms with E-state index < -0.39 is 29.7 Å². The van der Waals surface area contributed by atoms with E-state index in [-0.39, 0.29) is 12.8 Å². The van der Waals surface area contributed by atoms with Gasteiger partial charge in [0.05, 0.1) is 12.0 Å². The van der Waals surface area contributed by atoms with Gasteiger partial charge in [-0.25, -0.2) is 4.79 Å². The lowest BCUT2D eigenvalue weighted by Gasteiger charge is -2.15. The predicted octanol–water partition coefficient (Wildman–Crippen LogP) is 3.82. The molecule has 0 heterocycles. The third-order valence-corrected chi connectivity index (χ3v) is 4.16. The molecule has 1 atom stereocenters. The maximum absolute atomic E-state index is 12.5. The first-order valence-corrected chi connectivity index (χ1v) is 8.37. The zero-order chi connectivity index (χ0) is 19.3. The van der Waals surface area contributed by atoms with E-state index in [4.69, 9.17) is 0 Å². The van der Waals surface area contributed by atoms with Gasteiger partial charge in [-0.15, -0.1) is 0 Å². The fraction of sp³-hybridized carbons (Fsp3) is 0.222. The average Bonchev–Trinajstić information content (AvgIpc) is 2.55. The van der Waals surface area contributed by atoms with Crippen LogP contribution < -0.4 is 5.32 Å².